The van der Waals surface area contributed by atoms with Crippen molar-refractivity contribution in [2.24, 2.45) is 17.6 Å². The highest BCUT2D eigenvalue weighted by atomic mass is 32.2. The van der Waals surface area contributed by atoms with Gasteiger partial charge in [0.25, 0.3) is 0 Å². The zero-order chi connectivity index (χ0) is 17.7. The molecular weight excluding hydrogens is 352 g/mol. The molecule has 1 aromatic rings. The summed E-state index contributed by atoms with van der Waals surface area (Å²) >= 11 is 0. The summed E-state index contributed by atoms with van der Waals surface area (Å²) in [5.74, 6) is 0.589. The van der Waals surface area contributed by atoms with Crippen LogP contribution >= 0.6 is 0 Å². The standard InChI is InChI=1S/C15H22N2O5S2/c1-22-14-6-4-11(23(2,18)19)7-15(14)24(20,21)17-8-10-3-5-13(16)12(10)9-17/h4,6-7,10,12-13H,3,5,8-9,16H2,1-2H3. The molecule has 24 heavy (non-hydrogen) atoms. The van der Waals surface area contributed by atoms with Gasteiger partial charge in [0.05, 0.1) is 12.0 Å². The quantitative estimate of drug-likeness (QED) is 0.820. The van der Waals surface area contributed by atoms with Gasteiger partial charge >= 0.3 is 0 Å². The Labute approximate surface area is 142 Å². The highest BCUT2D eigenvalue weighted by molar-refractivity contribution is 7.91. The second kappa shape index (κ2) is 5.98. The Bertz CT molecular complexity index is 851. The number of sulfone groups is 1. The lowest BCUT2D eigenvalue weighted by Gasteiger charge is -2.20. The van der Waals surface area contributed by atoms with E-state index in [2.05, 4.69) is 0 Å². The first-order valence-corrected chi connectivity index (χ1v) is 11.1. The van der Waals surface area contributed by atoms with Gasteiger partial charge in [-0.15, -0.1) is 0 Å². The van der Waals surface area contributed by atoms with Crippen LogP contribution in [-0.2, 0) is 19.9 Å². The molecule has 0 amide bonds. The van der Waals surface area contributed by atoms with Crippen LogP contribution in [0.5, 0.6) is 5.75 Å². The van der Waals surface area contributed by atoms with E-state index < -0.39 is 19.9 Å². The predicted molar refractivity (Wildman–Crippen MR) is 89.1 cm³/mol. The maximum Gasteiger partial charge on any atom is 0.246 e. The van der Waals surface area contributed by atoms with Gasteiger partial charge in [-0.1, -0.05) is 0 Å². The van der Waals surface area contributed by atoms with Gasteiger partial charge in [-0.2, -0.15) is 4.31 Å². The Kier molecular flexibility index (Phi) is 4.40. The number of benzene rings is 1. The summed E-state index contributed by atoms with van der Waals surface area (Å²) in [6.07, 6.45) is 2.90. The lowest BCUT2D eigenvalue weighted by Crippen LogP contribution is -2.33. The van der Waals surface area contributed by atoms with Gasteiger partial charge in [0.15, 0.2) is 9.84 Å². The number of hydrogen-bond acceptors (Lipinski definition) is 6. The van der Waals surface area contributed by atoms with Crippen LogP contribution in [0.2, 0.25) is 0 Å². The lowest BCUT2D eigenvalue weighted by molar-refractivity contribution is 0.393. The first-order chi connectivity index (χ1) is 11.1. The number of sulfonamides is 1. The molecule has 1 aromatic carbocycles. The van der Waals surface area contributed by atoms with Crippen molar-refractivity contribution < 1.29 is 21.6 Å². The molecule has 2 aliphatic rings. The molecular formula is C15H22N2O5S2. The molecule has 1 aliphatic carbocycles. The Morgan fingerprint density at radius 1 is 1.17 bits per heavy atom. The number of fused-ring (bicyclic) bond motifs is 1. The van der Waals surface area contributed by atoms with Crippen LogP contribution < -0.4 is 10.5 Å². The van der Waals surface area contributed by atoms with Gasteiger partial charge in [-0.25, -0.2) is 16.8 Å². The smallest absolute Gasteiger partial charge is 0.246 e. The molecule has 3 unspecified atom stereocenters. The molecule has 0 bridgehead atoms. The number of rotatable bonds is 4. The van der Waals surface area contributed by atoms with Crippen molar-refractivity contribution in [1.82, 2.24) is 4.31 Å². The van der Waals surface area contributed by atoms with E-state index in [1.165, 1.54) is 29.6 Å². The molecule has 9 heteroatoms. The minimum Gasteiger partial charge on any atom is -0.495 e. The van der Waals surface area contributed by atoms with Crippen LogP contribution in [-0.4, -0.2) is 53.6 Å². The first kappa shape index (κ1) is 17.7. The van der Waals surface area contributed by atoms with Crippen molar-refractivity contribution in [3.63, 3.8) is 0 Å². The number of methoxy groups -OCH3 is 1. The molecule has 1 saturated heterocycles. The summed E-state index contributed by atoms with van der Waals surface area (Å²) in [6, 6.07) is 3.94. The summed E-state index contributed by atoms with van der Waals surface area (Å²) in [6.45, 7) is 0.799. The van der Waals surface area contributed by atoms with E-state index in [0.29, 0.717) is 13.1 Å². The van der Waals surface area contributed by atoms with Gasteiger partial charge in [-0.05, 0) is 42.9 Å². The molecule has 0 radical (unpaired) electrons. The molecule has 2 fully saturated rings. The van der Waals surface area contributed by atoms with Crippen molar-refractivity contribution in [2.45, 2.75) is 28.7 Å². The summed E-state index contributed by atoms with van der Waals surface area (Å²) < 4.78 is 56.2. The predicted octanol–water partition coefficient (Wildman–Crippen LogP) is 0.457. The Morgan fingerprint density at radius 2 is 1.88 bits per heavy atom. The average molecular weight is 374 g/mol. The number of nitrogens with two attached hydrogens (primary N) is 1. The van der Waals surface area contributed by atoms with Crippen molar-refractivity contribution in [2.75, 3.05) is 26.5 Å². The Hall–Kier alpha value is -1.16. The van der Waals surface area contributed by atoms with Crippen molar-refractivity contribution in [3.8, 4) is 5.75 Å². The third kappa shape index (κ3) is 2.94. The van der Waals surface area contributed by atoms with Gasteiger partial charge in [0.2, 0.25) is 10.0 Å². The maximum atomic E-state index is 13.0. The molecule has 7 nitrogen and oxygen atoms in total. The van der Waals surface area contributed by atoms with Crippen LogP contribution in [0.4, 0.5) is 0 Å². The summed E-state index contributed by atoms with van der Waals surface area (Å²) in [5.41, 5.74) is 6.08. The van der Waals surface area contributed by atoms with Crippen LogP contribution in [0.1, 0.15) is 12.8 Å². The van der Waals surface area contributed by atoms with Gasteiger partial charge in [0.1, 0.15) is 10.6 Å². The SMILES string of the molecule is COc1ccc(S(C)(=O)=O)cc1S(=O)(=O)N1CC2CCC(N)C2C1. The largest absolute Gasteiger partial charge is 0.495 e. The number of hydrogen-bond donors (Lipinski definition) is 1. The summed E-state index contributed by atoms with van der Waals surface area (Å²) in [4.78, 5) is -0.153. The van der Waals surface area contributed by atoms with E-state index in [1.807, 2.05) is 0 Å². The van der Waals surface area contributed by atoms with E-state index in [9.17, 15) is 16.8 Å². The first-order valence-electron chi connectivity index (χ1n) is 7.78. The molecule has 1 heterocycles. The van der Waals surface area contributed by atoms with E-state index >= 15 is 0 Å². The van der Waals surface area contributed by atoms with E-state index in [4.69, 9.17) is 10.5 Å². The number of nitrogens with zero attached hydrogens (tertiary/aromatic N) is 1. The fourth-order valence-electron chi connectivity index (χ4n) is 3.69. The molecule has 0 spiro atoms. The lowest BCUT2D eigenvalue weighted by atomic mass is 9.98. The zero-order valence-corrected chi connectivity index (χ0v) is 15.3. The van der Waals surface area contributed by atoms with E-state index in [1.54, 1.807) is 0 Å². The molecule has 1 aliphatic heterocycles. The van der Waals surface area contributed by atoms with Crippen LogP contribution in [0.25, 0.3) is 0 Å². The van der Waals surface area contributed by atoms with Gasteiger partial charge in [-0.3, -0.25) is 0 Å². The monoisotopic (exact) mass is 374 g/mol. The molecule has 3 rings (SSSR count). The van der Waals surface area contributed by atoms with Crippen molar-refractivity contribution in [3.05, 3.63) is 18.2 Å². The fourth-order valence-corrected chi connectivity index (χ4v) is 6.13. The fraction of sp³-hybridized carbons (Fsp3) is 0.600. The minimum atomic E-state index is -3.84. The second-order valence-corrected chi connectivity index (χ2v) is 10.5. The number of ether oxygens (including phenoxy) is 1. The van der Waals surface area contributed by atoms with E-state index in [0.717, 1.165) is 19.1 Å². The summed E-state index contributed by atoms with van der Waals surface area (Å²) in [5, 5.41) is 0. The van der Waals surface area contributed by atoms with Crippen molar-refractivity contribution in [1.29, 1.82) is 0 Å². The van der Waals surface area contributed by atoms with Crippen LogP contribution in [0.15, 0.2) is 28.0 Å². The molecule has 2 N–H and O–H groups in total. The van der Waals surface area contributed by atoms with Crippen molar-refractivity contribution >= 4 is 19.9 Å². The average Bonchev–Trinajstić information content (AvgIpc) is 3.08. The third-order valence-corrected chi connectivity index (χ3v) is 8.02. The molecule has 3 atom stereocenters. The normalized spacial score (nSPS) is 28.0. The maximum absolute atomic E-state index is 13.0. The zero-order valence-electron chi connectivity index (χ0n) is 13.7. The summed E-state index contributed by atoms with van der Waals surface area (Å²) in [7, 11) is -5.99. The Balaban J connectivity index is 2.01. The van der Waals surface area contributed by atoms with Crippen LogP contribution in [0.3, 0.4) is 0 Å². The van der Waals surface area contributed by atoms with Gasteiger partial charge < -0.3 is 10.5 Å². The Morgan fingerprint density at radius 3 is 2.46 bits per heavy atom. The molecule has 1 saturated carbocycles. The van der Waals surface area contributed by atoms with E-state index in [-0.39, 0.29) is 33.4 Å². The highest BCUT2D eigenvalue weighted by Gasteiger charge is 2.45. The van der Waals surface area contributed by atoms with Crippen LogP contribution in [0, 0.1) is 11.8 Å². The minimum absolute atomic E-state index is 0.0273. The second-order valence-electron chi connectivity index (χ2n) is 6.57. The third-order valence-electron chi connectivity index (χ3n) is 5.06. The molecule has 0 aromatic heterocycles. The molecule has 134 valence electrons. The van der Waals surface area contributed by atoms with Gasteiger partial charge in [0, 0.05) is 25.4 Å². The highest BCUT2D eigenvalue weighted by Crippen LogP contribution is 2.40. The topological polar surface area (TPSA) is 107 Å².